The van der Waals surface area contributed by atoms with Gasteiger partial charge in [0.1, 0.15) is 5.75 Å². The number of para-hydroxylation sites is 1. The minimum absolute atomic E-state index is 0.788. The second kappa shape index (κ2) is 7.96. The third-order valence-corrected chi connectivity index (χ3v) is 5.30. The normalized spacial score (nSPS) is 14.2. The van der Waals surface area contributed by atoms with Gasteiger partial charge in [0.25, 0.3) is 0 Å². The van der Waals surface area contributed by atoms with Gasteiger partial charge in [-0.25, -0.2) is 0 Å². The maximum absolute atomic E-state index is 6.17. The number of aromatic nitrogens is 1. The molecule has 2 aromatic carbocycles. The van der Waals surface area contributed by atoms with Gasteiger partial charge in [-0.15, -0.1) is 0 Å². The number of fused-ring (bicyclic) bond motifs is 3. The molecule has 1 aliphatic rings. The second-order valence-corrected chi connectivity index (χ2v) is 7.11. The van der Waals surface area contributed by atoms with Gasteiger partial charge < -0.3 is 15.0 Å². The van der Waals surface area contributed by atoms with Crippen LogP contribution in [0.25, 0.3) is 22.0 Å². The topological polar surface area (TPSA) is 37.0 Å². The first-order chi connectivity index (χ1) is 12.9. The average Bonchev–Trinajstić information content (AvgIpc) is 2.87. The highest BCUT2D eigenvalue weighted by Gasteiger charge is 2.18. The monoisotopic (exact) mass is 348 g/mol. The smallest absolute Gasteiger partial charge is 0.127 e. The number of H-pyrrole nitrogens is 1. The molecule has 3 nitrogen and oxygen atoms in total. The lowest BCUT2D eigenvalue weighted by molar-refractivity contribution is 0.307. The van der Waals surface area contributed by atoms with Crippen molar-refractivity contribution in [2.75, 3.05) is 19.7 Å². The summed E-state index contributed by atoms with van der Waals surface area (Å²) in [6, 6.07) is 15.1. The molecule has 4 rings (SSSR count). The molecule has 0 amide bonds. The Labute approximate surface area is 155 Å². The Balaban J connectivity index is 1.76. The summed E-state index contributed by atoms with van der Waals surface area (Å²) in [5.74, 6) is 0.998. The van der Waals surface area contributed by atoms with Gasteiger partial charge in [-0.3, -0.25) is 0 Å². The molecule has 1 aromatic heterocycles. The second-order valence-electron chi connectivity index (χ2n) is 7.11. The predicted molar refractivity (Wildman–Crippen MR) is 109 cm³/mol. The number of aromatic amines is 1. The number of rotatable bonds is 6. The lowest BCUT2D eigenvalue weighted by atomic mass is 9.96. The predicted octanol–water partition coefficient (Wildman–Crippen LogP) is 5.09. The Bertz CT molecular complexity index is 881. The average molecular weight is 348 g/mol. The van der Waals surface area contributed by atoms with Gasteiger partial charge in [-0.1, -0.05) is 50.1 Å². The SMILES string of the molecule is CCCCCOc1ccccc1-c1cccc2[nH]c3c(c12)CCNCC3. The van der Waals surface area contributed by atoms with Gasteiger partial charge in [-0.05, 0) is 42.6 Å². The van der Waals surface area contributed by atoms with Crippen LogP contribution in [0.1, 0.15) is 37.4 Å². The van der Waals surface area contributed by atoms with Crippen molar-refractivity contribution in [1.29, 1.82) is 0 Å². The summed E-state index contributed by atoms with van der Waals surface area (Å²) < 4.78 is 6.17. The van der Waals surface area contributed by atoms with Crippen molar-refractivity contribution in [2.24, 2.45) is 0 Å². The van der Waals surface area contributed by atoms with Crippen LogP contribution >= 0.6 is 0 Å². The molecular weight excluding hydrogens is 320 g/mol. The van der Waals surface area contributed by atoms with E-state index >= 15 is 0 Å². The minimum Gasteiger partial charge on any atom is -0.493 e. The van der Waals surface area contributed by atoms with E-state index in [1.807, 2.05) is 0 Å². The first-order valence-corrected chi connectivity index (χ1v) is 9.94. The van der Waals surface area contributed by atoms with Gasteiger partial charge in [0, 0.05) is 35.1 Å². The molecule has 0 atom stereocenters. The van der Waals surface area contributed by atoms with Crippen LogP contribution < -0.4 is 10.1 Å². The lowest BCUT2D eigenvalue weighted by Gasteiger charge is -2.13. The van der Waals surface area contributed by atoms with Crippen molar-refractivity contribution >= 4 is 10.9 Å². The molecule has 0 unspecified atom stereocenters. The van der Waals surface area contributed by atoms with Crippen molar-refractivity contribution in [3.05, 3.63) is 53.7 Å². The highest BCUT2D eigenvalue weighted by Crippen LogP contribution is 2.38. The standard InChI is InChI=1S/C23H28N2O/c1-2-3-6-16-26-22-11-5-4-8-17(22)18-9-7-10-21-23(18)19-12-14-24-15-13-20(19)25-21/h4-5,7-11,24-25H,2-3,6,12-16H2,1H3. The fraction of sp³-hybridized carbons (Fsp3) is 0.391. The van der Waals surface area contributed by atoms with E-state index in [1.165, 1.54) is 46.1 Å². The molecule has 136 valence electrons. The van der Waals surface area contributed by atoms with Gasteiger partial charge in [0.2, 0.25) is 0 Å². The van der Waals surface area contributed by atoms with E-state index in [4.69, 9.17) is 4.74 Å². The van der Waals surface area contributed by atoms with E-state index in [0.717, 1.165) is 44.7 Å². The maximum atomic E-state index is 6.17. The summed E-state index contributed by atoms with van der Waals surface area (Å²) in [5, 5.41) is 4.88. The zero-order valence-electron chi connectivity index (χ0n) is 15.6. The molecule has 0 fully saturated rings. The molecule has 2 heterocycles. The molecule has 3 heteroatoms. The third kappa shape index (κ3) is 3.36. The van der Waals surface area contributed by atoms with Crippen molar-refractivity contribution < 1.29 is 4.74 Å². The Morgan fingerprint density at radius 2 is 1.77 bits per heavy atom. The summed E-state index contributed by atoms with van der Waals surface area (Å²) >= 11 is 0. The van der Waals surface area contributed by atoms with E-state index < -0.39 is 0 Å². The van der Waals surface area contributed by atoms with Crippen LogP contribution in [0.3, 0.4) is 0 Å². The van der Waals surface area contributed by atoms with Crippen LogP contribution in [0.5, 0.6) is 5.75 Å². The van der Waals surface area contributed by atoms with Gasteiger partial charge in [-0.2, -0.15) is 0 Å². The minimum atomic E-state index is 0.788. The number of unbranched alkanes of at least 4 members (excludes halogenated alkanes) is 2. The summed E-state index contributed by atoms with van der Waals surface area (Å²) in [6.45, 7) is 5.10. The van der Waals surface area contributed by atoms with Crippen molar-refractivity contribution in [1.82, 2.24) is 10.3 Å². The van der Waals surface area contributed by atoms with Crippen LogP contribution in [-0.4, -0.2) is 24.7 Å². The molecule has 2 N–H and O–H groups in total. The largest absolute Gasteiger partial charge is 0.493 e. The van der Waals surface area contributed by atoms with E-state index in [-0.39, 0.29) is 0 Å². The highest BCUT2D eigenvalue weighted by atomic mass is 16.5. The van der Waals surface area contributed by atoms with Crippen LogP contribution in [0.2, 0.25) is 0 Å². The molecule has 0 saturated carbocycles. The maximum Gasteiger partial charge on any atom is 0.127 e. The van der Waals surface area contributed by atoms with Crippen LogP contribution in [0.15, 0.2) is 42.5 Å². The number of hydrogen-bond donors (Lipinski definition) is 2. The van der Waals surface area contributed by atoms with Crippen molar-refractivity contribution in [3.63, 3.8) is 0 Å². The van der Waals surface area contributed by atoms with E-state index in [1.54, 1.807) is 0 Å². The molecule has 1 aliphatic heterocycles. The van der Waals surface area contributed by atoms with Crippen molar-refractivity contribution in [2.45, 2.75) is 39.0 Å². The molecule has 3 aromatic rings. The van der Waals surface area contributed by atoms with Crippen LogP contribution in [0.4, 0.5) is 0 Å². The van der Waals surface area contributed by atoms with Crippen LogP contribution in [0, 0.1) is 0 Å². The summed E-state index contributed by atoms with van der Waals surface area (Å²) in [5.41, 5.74) is 6.59. The number of nitrogens with one attached hydrogen (secondary N) is 2. The van der Waals surface area contributed by atoms with Gasteiger partial charge >= 0.3 is 0 Å². The summed E-state index contributed by atoms with van der Waals surface area (Å²) in [7, 11) is 0. The Morgan fingerprint density at radius 3 is 2.69 bits per heavy atom. The van der Waals surface area contributed by atoms with Gasteiger partial charge in [0.15, 0.2) is 0 Å². The van der Waals surface area contributed by atoms with Crippen LogP contribution in [-0.2, 0) is 12.8 Å². The van der Waals surface area contributed by atoms with Gasteiger partial charge in [0.05, 0.1) is 6.61 Å². The van der Waals surface area contributed by atoms with E-state index in [0.29, 0.717) is 0 Å². The summed E-state index contributed by atoms with van der Waals surface area (Å²) in [4.78, 5) is 3.66. The van der Waals surface area contributed by atoms with E-state index in [9.17, 15) is 0 Å². The van der Waals surface area contributed by atoms with Crippen molar-refractivity contribution in [3.8, 4) is 16.9 Å². The summed E-state index contributed by atoms with van der Waals surface area (Å²) in [6.07, 6.45) is 5.69. The Morgan fingerprint density at radius 1 is 0.923 bits per heavy atom. The number of hydrogen-bond acceptors (Lipinski definition) is 2. The molecular formula is C23H28N2O. The third-order valence-electron chi connectivity index (χ3n) is 5.30. The lowest BCUT2D eigenvalue weighted by Crippen LogP contribution is -2.16. The fourth-order valence-electron chi connectivity index (χ4n) is 3.99. The zero-order chi connectivity index (χ0) is 17.8. The fourth-order valence-corrected chi connectivity index (χ4v) is 3.99. The zero-order valence-corrected chi connectivity index (χ0v) is 15.6. The number of ether oxygens (including phenoxy) is 1. The molecule has 0 saturated heterocycles. The molecule has 0 radical (unpaired) electrons. The highest BCUT2D eigenvalue weighted by molar-refractivity contribution is 5.99. The molecule has 0 bridgehead atoms. The molecule has 0 spiro atoms. The van der Waals surface area contributed by atoms with E-state index in [2.05, 4.69) is 59.7 Å². The number of benzene rings is 2. The Kier molecular flexibility index (Phi) is 5.26. The first-order valence-electron chi connectivity index (χ1n) is 9.94. The molecule has 0 aliphatic carbocycles. The molecule has 26 heavy (non-hydrogen) atoms. The first kappa shape index (κ1) is 17.2. The quantitative estimate of drug-likeness (QED) is 0.609. The Hall–Kier alpha value is -2.26.